The Balaban J connectivity index is 1.61. The third-order valence-electron chi connectivity index (χ3n) is 5.49. The van der Waals surface area contributed by atoms with Crippen LogP contribution in [0.25, 0.3) is 22.9 Å². The molecule has 3 aromatic carbocycles. The highest BCUT2D eigenvalue weighted by atomic mass is 35.5. The predicted molar refractivity (Wildman–Crippen MR) is 144 cm³/mol. The number of halogens is 1. The summed E-state index contributed by atoms with van der Waals surface area (Å²) < 4.78 is 0. The summed E-state index contributed by atoms with van der Waals surface area (Å²) in [4.78, 5) is 18.0. The minimum absolute atomic E-state index is 0.218. The number of nitrogens with zero attached hydrogens (tertiary/aromatic N) is 4. The molecule has 0 radical (unpaired) electrons. The van der Waals surface area contributed by atoms with Gasteiger partial charge in [-0.15, -0.1) is 10.2 Å². The van der Waals surface area contributed by atoms with Gasteiger partial charge >= 0.3 is 0 Å². The molecule has 0 saturated heterocycles. The maximum Gasteiger partial charge on any atom is 0.256 e. The summed E-state index contributed by atoms with van der Waals surface area (Å²) in [5, 5.41) is 19.5. The van der Waals surface area contributed by atoms with Crippen molar-refractivity contribution in [3.05, 3.63) is 111 Å². The number of benzene rings is 3. The van der Waals surface area contributed by atoms with Gasteiger partial charge in [-0.3, -0.25) is 4.79 Å². The number of carbonyl (C=O) groups is 1. The smallest absolute Gasteiger partial charge is 0.256 e. The zero-order valence-corrected chi connectivity index (χ0v) is 21.1. The van der Waals surface area contributed by atoms with Gasteiger partial charge in [-0.2, -0.15) is 5.21 Å². The monoisotopic (exact) mass is 512 g/mol. The second kappa shape index (κ2) is 10.2. The number of nitrogens with one attached hydrogen (secondary N) is 2. The molecule has 0 saturated carbocycles. The Hall–Kier alpha value is -4.14. The quantitative estimate of drug-likeness (QED) is 0.273. The second-order valence-corrected chi connectivity index (χ2v) is 9.66. The molecule has 0 bridgehead atoms. The zero-order chi connectivity index (χ0) is 25.1. The molecule has 7 nitrogen and oxygen atoms in total. The number of anilines is 1. The van der Waals surface area contributed by atoms with Crippen molar-refractivity contribution in [2.24, 2.45) is 0 Å². The third-order valence-corrected chi connectivity index (χ3v) is 6.75. The number of hydrogen-bond donors (Lipinski definition) is 2. The number of aryl methyl sites for hydroxylation is 2. The predicted octanol–water partition coefficient (Wildman–Crippen LogP) is 6.43. The van der Waals surface area contributed by atoms with Crippen LogP contribution in [-0.4, -0.2) is 31.5 Å². The normalized spacial score (nSPS) is 11.5. The molecule has 2 heterocycles. The van der Waals surface area contributed by atoms with Crippen molar-refractivity contribution in [1.29, 1.82) is 0 Å². The van der Waals surface area contributed by atoms with Crippen LogP contribution in [0.1, 0.15) is 37.9 Å². The largest absolute Gasteiger partial charge is 0.312 e. The van der Waals surface area contributed by atoms with E-state index in [1.54, 1.807) is 24.3 Å². The Labute approximate surface area is 216 Å². The number of H-pyrrole nitrogens is 1. The van der Waals surface area contributed by atoms with E-state index in [9.17, 15) is 4.79 Å². The van der Waals surface area contributed by atoms with Crippen LogP contribution in [0.3, 0.4) is 0 Å². The molecule has 0 unspecified atom stereocenters. The molecule has 0 fully saturated rings. The van der Waals surface area contributed by atoms with Gasteiger partial charge in [0.2, 0.25) is 5.82 Å². The first-order valence-corrected chi connectivity index (χ1v) is 12.3. The number of aromatic nitrogens is 5. The van der Waals surface area contributed by atoms with Gasteiger partial charge in [-0.05, 0) is 55.0 Å². The Kier molecular flexibility index (Phi) is 6.71. The summed E-state index contributed by atoms with van der Waals surface area (Å²) >= 11 is 7.46. The van der Waals surface area contributed by atoms with Crippen molar-refractivity contribution in [2.45, 2.75) is 13.8 Å². The summed E-state index contributed by atoms with van der Waals surface area (Å²) in [6.07, 6.45) is 1.96. The van der Waals surface area contributed by atoms with Crippen molar-refractivity contribution in [3.8, 4) is 11.3 Å². The lowest BCUT2D eigenvalue weighted by Crippen LogP contribution is -2.11. The van der Waals surface area contributed by atoms with Crippen molar-refractivity contribution in [1.82, 2.24) is 25.6 Å². The standard InChI is InChI=1S/C27H21ClN6OS/c1-16-3-7-18(8-4-16)15-22(24-31-33-34-32-24)26-29-23(19-11-13-21(28)14-12-19)27(36-26)30-25(35)20-9-5-17(2)6-10-20/h3-15H,1-2H3,(H,30,35)(H,31,32,33,34). The topological polar surface area (TPSA) is 96.4 Å². The molecule has 5 aromatic rings. The van der Waals surface area contributed by atoms with Crippen LogP contribution in [0.4, 0.5) is 5.00 Å². The Bertz CT molecular complexity index is 1520. The summed E-state index contributed by atoms with van der Waals surface area (Å²) in [6, 6.07) is 22.9. The number of tetrazole rings is 1. The van der Waals surface area contributed by atoms with Crippen LogP contribution in [0.5, 0.6) is 0 Å². The molecule has 2 aromatic heterocycles. The van der Waals surface area contributed by atoms with Crippen molar-refractivity contribution < 1.29 is 4.79 Å². The van der Waals surface area contributed by atoms with E-state index in [-0.39, 0.29) is 5.91 Å². The molecule has 1 amide bonds. The molecule has 0 aliphatic heterocycles. The highest BCUT2D eigenvalue weighted by Gasteiger charge is 2.21. The third kappa shape index (κ3) is 5.25. The van der Waals surface area contributed by atoms with Crippen LogP contribution < -0.4 is 5.32 Å². The van der Waals surface area contributed by atoms with E-state index in [1.165, 1.54) is 11.3 Å². The fraction of sp³-hybridized carbons (Fsp3) is 0.0741. The lowest BCUT2D eigenvalue weighted by atomic mass is 10.1. The van der Waals surface area contributed by atoms with E-state index in [2.05, 4.69) is 25.9 Å². The maximum absolute atomic E-state index is 13.1. The van der Waals surface area contributed by atoms with Gasteiger partial charge in [-0.25, -0.2) is 4.98 Å². The second-order valence-electron chi connectivity index (χ2n) is 8.23. The molecule has 178 valence electrons. The van der Waals surface area contributed by atoms with E-state index < -0.39 is 0 Å². The number of amides is 1. The SMILES string of the molecule is Cc1ccc(C=C(c2nn[nH]n2)c2nc(-c3ccc(Cl)cc3)c(NC(=O)c3ccc(C)cc3)s2)cc1. The highest BCUT2D eigenvalue weighted by molar-refractivity contribution is 7.17. The van der Waals surface area contributed by atoms with Gasteiger partial charge in [0.15, 0.2) is 0 Å². The molecule has 0 aliphatic carbocycles. The van der Waals surface area contributed by atoms with Gasteiger partial charge in [-0.1, -0.05) is 82.6 Å². The van der Waals surface area contributed by atoms with Crippen LogP contribution in [-0.2, 0) is 0 Å². The highest BCUT2D eigenvalue weighted by Crippen LogP contribution is 2.38. The average Bonchev–Trinajstić information content (AvgIpc) is 3.55. The first-order valence-electron chi connectivity index (χ1n) is 11.1. The van der Waals surface area contributed by atoms with E-state index in [4.69, 9.17) is 16.6 Å². The van der Waals surface area contributed by atoms with Crippen molar-refractivity contribution >= 4 is 45.5 Å². The van der Waals surface area contributed by atoms with E-state index in [0.717, 1.165) is 22.3 Å². The summed E-state index contributed by atoms with van der Waals surface area (Å²) in [6.45, 7) is 4.02. The van der Waals surface area contributed by atoms with Gasteiger partial charge in [0.05, 0.1) is 5.57 Å². The van der Waals surface area contributed by atoms with Crippen LogP contribution in [0.15, 0.2) is 72.8 Å². The van der Waals surface area contributed by atoms with E-state index in [0.29, 0.717) is 37.7 Å². The fourth-order valence-corrected chi connectivity index (χ4v) is 4.65. The molecule has 0 spiro atoms. The average molecular weight is 513 g/mol. The zero-order valence-electron chi connectivity index (χ0n) is 19.5. The number of rotatable bonds is 6. The van der Waals surface area contributed by atoms with Crippen molar-refractivity contribution in [3.63, 3.8) is 0 Å². The number of carbonyl (C=O) groups excluding carboxylic acids is 1. The van der Waals surface area contributed by atoms with Crippen LogP contribution >= 0.6 is 22.9 Å². The minimum atomic E-state index is -0.218. The van der Waals surface area contributed by atoms with Gasteiger partial charge in [0.25, 0.3) is 5.91 Å². The maximum atomic E-state index is 13.1. The lowest BCUT2D eigenvalue weighted by Gasteiger charge is -2.06. The molecule has 0 aliphatic rings. The molecule has 9 heteroatoms. The minimum Gasteiger partial charge on any atom is -0.312 e. The first kappa shape index (κ1) is 23.6. The Morgan fingerprint density at radius 2 is 1.61 bits per heavy atom. The molecule has 0 atom stereocenters. The van der Waals surface area contributed by atoms with Crippen LogP contribution in [0.2, 0.25) is 5.02 Å². The molecule has 2 N–H and O–H groups in total. The van der Waals surface area contributed by atoms with Gasteiger partial charge in [0.1, 0.15) is 15.7 Å². The van der Waals surface area contributed by atoms with Crippen LogP contribution in [0, 0.1) is 13.8 Å². The Morgan fingerprint density at radius 3 is 2.25 bits per heavy atom. The summed E-state index contributed by atoms with van der Waals surface area (Å²) in [5.74, 6) is 0.187. The number of aromatic amines is 1. The lowest BCUT2D eigenvalue weighted by molar-refractivity contribution is 0.102. The molecular weight excluding hydrogens is 492 g/mol. The van der Waals surface area contributed by atoms with Gasteiger partial charge < -0.3 is 5.32 Å². The summed E-state index contributed by atoms with van der Waals surface area (Å²) in [5.41, 5.74) is 5.91. The fourth-order valence-electron chi connectivity index (χ4n) is 3.53. The summed E-state index contributed by atoms with van der Waals surface area (Å²) in [7, 11) is 0. The first-order chi connectivity index (χ1) is 17.5. The number of hydrogen-bond acceptors (Lipinski definition) is 6. The van der Waals surface area contributed by atoms with Crippen molar-refractivity contribution in [2.75, 3.05) is 5.32 Å². The Morgan fingerprint density at radius 1 is 0.944 bits per heavy atom. The molecule has 36 heavy (non-hydrogen) atoms. The number of thiazole rings is 1. The van der Waals surface area contributed by atoms with E-state index in [1.807, 2.05) is 68.5 Å². The van der Waals surface area contributed by atoms with E-state index >= 15 is 0 Å². The van der Waals surface area contributed by atoms with Gasteiger partial charge in [0, 0.05) is 16.1 Å². The molecular formula is C27H21ClN6OS. The molecule has 5 rings (SSSR count).